The third-order valence-corrected chi connectivity index (χ3v) is 4.57. The number of benzene rings is 2. The van der Waals surface area contributed by atoms with Gasteiger partial charge in [-0.05, 0) is 49.4 Å². The summed E-state index contributed by atoms with van der Waals surface area (Å²) in [5.74, 6) is 0.0941. The molecule has 1 heterocycles. The van der Waals surface area contributed by atoms with Crippen LogP contribution >= 0.6 is 0 Å². The van der Waals surface area contributed by atoms with Gasteiger partial charge in [-0.3, -0.25) is 4.79 Å². The normalized spacial score (nSPS) is 13.0. The van der Waals surface area contributed by atoms with Gasteiger partial charge in [-0.1, -0.05) is 0 Å². The molecule has 2 aromatic carbocycles. The predicted octanol–water partition coefficient (Wildman–Crippen LogP) is 3.38. The highest BCUT2D eigenvalue weighted by Crippen LogP contribution is 2.24. The number of carbonyl (C=O) groups is 1. The largest absolute Gasteiger partial charge is 0.497 e. The number of ether oxygens (including phenoxy) is 1. The Kier molecular flexibility index (Phi) is 5.34. The van der Waals surface area contributed by atoms with Gasteiger partial charge < -0.3 is 19.7 Å². The van der Waals surface area contributed by atoms with Gasteiger partial charge in [-0.2, -0.15) is 5.26 Å². The second kappa shape index (κ2) is 7.71. The highest BCUT2D eigenvalue weighted by molar-refractivity contribution is 5.97. The van der Waals surface area contributed by atoms with Crippen molar-refractivity contribution >= 4 is 22.5 Å². The van der Waals surface area contributed by atoms with Crippen molar-refractivity contribution in [3.63, 3.8) is 0 Å². The highest BCUT2D eigenvalue weighted by atomic mass is 19.1. The van der Waals surface area contributed by atoms with Crippen molar-refractivity contribution in [1.29, 1.82) is 5.26 Å². The number of methoxy groups -OCH3 is 1. The summed E-state index contributed by atoms with van der Waals surface area (Å²) in [6, 6.07) is 13.6. The Hall–Kier alpha value is -3.37. The first-order chi connectivity index (χ1) is 13.4. The molecular weight excluding hydrogens is 361 g/mol. The summed E-state index contributed by atoms with van der Waals surface area (Å²) in [6.07, 6.45) is 1.79. The molecular formula is C21H20FN3O3. The lowest BCUT2D eigenvalue weighted by Gasteiger charge is -2.23. The maximum atomic E-state index is 13.1. The van der Waals surface area contributed by atoms with E-state index in [1.807, 2.05) is 30.3 Å². The zero-order chi connectivity index (χ0) is 20.3. The molecule has 0 unspecified atom stereocenters. The molecule has 0 aliphatic heterocycles. The van der Waals surface area contributed by atoms with E-state index < -0.39 is 18.2 Å². The molecule has 0 aliphatic carbocycles. The van der Waals surface area contributed by atoms with Crippen LogP contribution in [0.4, 0.5) is 10.1 Å². The van der Waals surface area contributed by atoms with Crippen LogP contribution in [-0.2, 0) is 18.0 Å². The van der Waals surface area contributed by atoms with Crippen LogP contribution in [0.25, 0.3) is 10.9 Å². The minimum atomic E-state index is -1.71. The lowest BCUT2D eigenvalue weighted by atomic mass is 10.0. The SMILES string of the molecule is COc1ccc2c(ccn2C[C@](C)(O)C(=O)Nc2ccc(C#N)c(CF)c2)c1. The fraction of sp³-hybridized carbons (Fsp3) is 0.238. The van der Waals surface area contributed by atoms with Crippen LogP contribution in [0.2, 0.25) is 0 Å². The molecule has 0 bridgehead atoms. The van der Waals surface area contributed by atoms with E-state index >= 15 is 0 Å². The molecule has 0 saturated carbocycles. The van der Waals surface area contributed by atoms with Gasteiger partial charge >= 0.3 is 0 Å². The van der Waals surface area contributed by atoms with E-state index in [1.165, 1.54) is 25.1 Å². The Morgan fingerprint density at radius 2 is 2.11 bits per heavy atom. The van der Waals surface area contributed by atoms with Crippen molar-refractivity contribution in [2.45, 2.75) is 25.7 Å². The number of hydrogen-bond acceptors (Lipinski definition) is 4. The lowest BCUT2D eigenvalue weighted by molar-refractivity contribution is -0.133. The number of amides is 1. The zero-order valence-electron chi connectivity index (χ0n) is 15.6. The Balaban J connectivity index is 1.79. The predicted molar refractivity (Wildman–Crippen MR) is 104 cm³/mol. The molecule has 3 aromatic rings. The van der Waals surface area contributed by atoms with Gasteiger partial charge in [-0.25, -0.2) is 4.39 Å². The number of alkyl halides is 1. The summed E-state index contributed by atoms with van der Waals surface area (Å²) >= 11 is 0. The molecule has 0 radical (unpaired) electrons. The number of nitrogens with zero attached hydrogens (tertiary/aromatic N) is 2. The molecule has 6 nitrogen and oxygen atoms in total. The summed E-state index contributed by atoms with van der Waals surface area (Å²) in [5, 5.41) is 23.2. The maximum absolute atomic E-state index is 13.1. The molecule has 2 N–H and O–H groups in total. The number of nitrogens with one attached hydrogen (secondary N) is 1. The van der Waals surface area contributed by atoms with Crippen LogP contribution in [0.15, 0.2) is 48.7 Å². The van der Waals surface area contributed by atoms with Crippen LogP contribution in [0.5, 0.6) is 5.75 Å². The first kappa shape index (κ1) is 19.4. The molecule has 1 aromatic heterocycles. The number of halogens is 1. The Morgan fingerprint density at radius 3 is 2.79 bits per heavy atom. The van der Waals surface area contributed by atoms with Crippen LogP contribution in [0.1, 0.15) is 18.1 Å². The summed E-state index contributed by atoms with van der Waals surface area (Å²) in [7, 11) is 1.59. The van der Waals surface area contributed by atoms with Gasteiger partial charge in [0.25, 0.3) is 5.91 Å². The van der Waals surface area contributed by atoms with Crippen molar-refractivity contribution in [1.82, 2.24) is 4.57 Å². The van der Waals surface area contributed by atoms with Crippen molar-refractivity contribution in [2.24, 2.45) is 0 Å². The van der Waals surface area contributed by atoms with E-state index in [0.717, 1.165) is 16.7 Å². The first-order valence-corrected chi connectivity index (χ1v) is 8.63. The van der Waals surface area contributed by atoms with Gasteiger partial charge in [0.15, 0.2) is 5.60 Å². The smallest absolute Gasteiger partial charge is 0.257 e. The standard InChI is InChI=1S/C21H20FN3O3/c1-21(27,13-25-8-7-14-10-18(28-2)5-6-19(14)25)20(26)24-17-4-3-15(12-23)16(9-17)11-22/h3-10,27H,11,13H2,1-2H3,(H,24,26)/t21-/m0/s1. The Labute approximate surface area is 161 Å². The number of fused-ring (bicyclic) bond motifs is 1. The lowest BCUT2D eigenvalue weighted by Crippen LogP contribution is -2.43. The van der Waals surface area contributed by atoms with Crippen molar-refractivity contribution in [2.75, 3.05) is 12.4 Å². The van der Waals surface area contributed by atoms with Crippen LogP contribution in [0, 0.1) is 11.3 Å². The van der Waals surface area contributed by atoms with E-state index in [0.29, 0.717) is 5.69 Å². The van der Waals surface area contributed by atoms with Crippen LogP contribution in [-0.4, -0.2) is 28.3 Å². The van der Waals surface area contributed by atoms with Gasteiger partial charge in [0.05, 0.1) is 25.3 Å². The number of anilines is 1. The van der Waals surface area contributed by atoms with Gasteiger partial charge in [0.1, 0.15) is 12.4 Å². The summed E-state index contributed by atoms with van der Waals surface area (Å²) in [5.41, 5.74) is -0.145. The van der Waals surface area contributed by atoms with Gasteiger partial charge in [0.2, 0.25) is 0 Å². The Bertz CT molecular complexity index is 1070. The summed E-state index contributed by atoms with van der Waals surface area (Å²) < 4.78 is 20.0. The topological polar surface area (TPSA) is 87.3 Å². The van der Waals surface area contributed by atoms with E-state index in [-0.39, 0.29) is 17.7 Å². The zero-order valence-corrected chi connectivity index (χ0v) is 15.6. The highest BCUT2D eigenvalue weighted by Gasteiger charge is 2.31. The number of carbonyl (C=O) groups excluding carboxylic acids is 1. The Morgan fingerprint density at radius 1 is 1.32 bits per heavy atom. The third kappa shape index (κ3) is 3.82. The van der Waals surface area contributed by atoms with E-state index in [2.05, 4.69) is 5.32 Å². The first-order valence-electron chi connectivity index (χ1n) is 8.63. The monoisotopic (exact) mass is 381 g/mol. The molecule has 28 heavy (non-hydrogen) atoms. The molecule has 0 spiro atoms. The number of aliphatic hydroxyl groups is 1. The number of rotatable bonds is 6. The fourth-order valence-electron chi connectivity index (χ4n) is 3.00. The van der Waals surface area contributed by atoms with E-state index in [9.17, 15) is 14.3 Å². The van der Waals surface area contributed by atoms with Crippen molar-refractivity contribution in [3.8, 4) is 11.8 Å². The van der Waals surface area contributed by atoms with Crippen LogP contribution < -0.4 is 10.1 Å². The molecule has 0 aliphatic rings. The second-order valence-electron chi connectivity index (χ2n) is 6.71. The van der Waals surface area contributed by atoms with Gasteiger partial charge in [0, 0.05) is 28.4 Å². The van der Waals surface area contributed by atoms with Crippen molar-refractivity contribution in [3.05, 3.63) is 59.8 Å². The fourth-order valence-corrected chi connectivity index (χ4v) is 3.00. The third-order valence-electron chi connectivity index (χ3n) is 4.57. The van der Waals surface area contributed by atoms with Crippen LogP contribution in [0.3, 0.4) is 0 Å². The minimum absolute atomic E-state index is 0.0287. The van der Waals surface area contributed by atoms with E-state index in [4.69, 9.17) is 10.00 Å². The maximum Gasteiger partial charge on any atom is 0.257 e. The molecule has 144 valence electrons. The molecule has 0 fully saturated rings. The average Bonchev–Trinajstić information content (AvgIpc) is 3.09. The summed E-state index contributed by atoms with van der Waals surface area (Å²) in [6.45, 7) is 0.625. The van der Waals surface area contributed by atoms with Gasteiger partial charge in [-0.15, -0.1) is 0 Å². The molecule has 3 rings (SSSR count). The number of nitriles is 1. The number of hydrogen-bond donors (Lipinski definition) is 2. The van der Waals surface area contributed by atoms with E-state index in [1.54, 1.807) is 17.9 Å². The van der Waals surface area contributed by atoms with Crippen molar-refractivity contribution < 1.29 is 19.0 Å². The molecule has 1 atom stereocenters. The minimum Gasteiger partial charge on any atom is -0.497 e. The quantitative estimate of drug-likeness (QED) is 0.685. The number of aromatic nitrogens is 1. The molecule has 1 amide bonds. The molecule has 0 saturated heterocycles. The second-order valence-corrected chi connectivity index (χ2v) is 6.71. The molecule has 7 heteroatoms. The summed E-state index contributed by atoms with van der Waals surface area (Å²) in [4.78, 5) is 12.6. The average molecular weight is 381 g/mol.